The molecule has 1 saturated carbocycles. The van der Waals surface area contributed by atoms with Crippen molar-refractivity contribution in [3.05, 3.63) is 45.9 Å². The number of nitrogens with one attached hydrogen (secondary N) is 2. The first-order valence-electron chi connectivity index (χ1n) is 8.17. The van der Waals surface area contributed by atoms with Crippen LogP contribution in [0.5, 0.6) is 0 Å². The van der Waals surface area contributed by atoms with Crippen LogP contribution in [0.15, 0.2) is 33.6 Å². The third kappa shape index (κ3) is 3.47. The van der Waals surface area contributed by atoms with Crippen LogP contribution in [-0.4, -0.2) is 11.3 Å². The summed E-state index contributed by atoms with van der Waals surface area (Å²) in [5.41, 5.74) is 2.41. The van der Waals surface area contributed by atoms with Gasteiger partial charge in [0, 0.05) is 18.2 Å². The molecule has 1 aliphatic rings. The van der Waals surface area contributed by atoms with E-state index in [0.29, 0.717) is 18.3 Å². The molecule has 22 heavy (non-hydrogen) atoms. The Labute approximate surface area is 130 Å². The summed E-state index contributed by atoms with van der Waals surface area (Å²) in [6, 6.07) is 8.52. The van der Waals surface area contributed by atoms with E-state index < -0.39 is 0 Å². The maximum atomic E-state index is 12.0. The molecule has 0 aliphatic heterocycles. The smallest absolute Gasteiger partial charge is 0.304 e. The van der Waals surface area contributed by atoms with Gasteiger partial charge in [0.2, 0.25) is 5.69 Å². The Morgan fingerprint density at radius 3 is 2.55 bits per heavy atom. The topological polar surface area (TPSA) is 61.9 Å². The van der Waals surface area contributed by atoms with Gasteiger partial charge in [-0.15, -0.1) is 0 Å². The van der Waals surface area contributed by atoms with Gasteiger partial charge in [-0.1, -0.05) is 43.4 Å². The van der Waals surface area contributed by atoms with Crippen LogP contribution in [0.4, 0.5) is 0 Å². The zero-order valence-electron chi connectivity index (χ0n) is 13.1. The Morgan fingerprint density at radius 1 is 1.18 bits per heavy atom. The standard InChI is InChI=1S/C17H23N3O2/c1-13-8-10-15(11-9-13)20-16(17(21)22-19-20)12-18-14-6-4-2-3-5-7-14/h8-11,14,18H,2-7,12H2,1H3/p+1. The number of hydrogen-bond donors (Lipinski definition) is 2. The van der Waals surface area contributed by atoms with E-state index in [0.717, 1.165) is 5.69 Å². The number of nitrogens with zero attached hydrogens (tertiary/aromatic N) is 1. The average Bonchev–Trinajstić information content (AvgIpc) is 2.74. The van der Waals surface area contributed by atoms with Crippen LogP contribution in [-0.2, 0) is 6.54 Å². The van der Waals surface area contributed by atoms with Crippen molar-refractivity contribution < 1.29 is 9.20 Å². The van der Waals surface area contributed by atoms with E-state index in [-0.39, 0.29) is 5.63 Å². The van der Waals surface area contributed by atoms with E-state index in [1.807, 2.05) is 31.2 Å². The van der Waals surface area contributed by atoms with Gasteiger partial charge in [0.15, 0.2) is 0 Å². The molecule has 118 valence electrons. The monoisotopic (exact) mass is 302 g/mol. The molecule has 0 spiro atoms. The van der Waals surface area contributed by atoms with Crippen molar-refractivity contribution in [2.24, 2.45) is 0 Å². The predicted molar refractivity (Wildman–Crippen MR) is 83.9 cm³/mol. The average molecular weight is 302 g/mol. The Kier molecular flexibility index (Phi) is 4.73. The number of rotatable bonds is 4. The zero-order valence-corrected chi connectivity index (χ0v) is 13.1. The lowest BCUT2D eigenvalue weighted by atomic mass is 10.1. The van der Waals surface area contributed by atoms with Crippen LogP contribution in [0.3, 0.4) is 0 Å². The van der Waals surface area contributed by atoms with E-state index >= 15 is 0 Å². The van der Waals surface area contributed by atoms with Crippen molar-refractivity contribution >= 4 is 0 Å². The van der Waals surface area contributed by atoms with Crippen LogP contribution in [0.2, 0.25) is 0 Å². The number of benzene rings is 1. The Hall–Kier alpha value is -1.88. The second-order valence-electron chi connectivity index (χ2n) is 6.17. The van der Waals surface area contributed by atoms with Gasteiger partial charge in [-0.05, 0) is 29.7 Å². The normalized spacial score (nSPS) is 16.6. The van der Waals surface area contributed by atoms with Gasteiger partial charge in [-0.3, -0.25) is 4.52 Å². The number of aromatic amines is 1. The van der Waals surface area contributed by atoms with Crippen LogP contribution in [0.25, 0.3) is 5.69 Å². The first kappa shape index (κ1) is 15.0. The fraction of sp³-hybridized carbons (Fsp3) is 0.529. The lowest BCUT2D eigenvalue weighted by Gasteiger charge is -2.13. The highest BCUT2D eigenvalue weighted by Crippen LogP contribution is 2.17. The molecule has 0 bridgehead atoms. The molecule has 1 fully saturated rings. The van der Waals surface area contributed by atoms with Crippen molar-refractivity contribution in [1.29, 1.82) is 0 Å². The first-order chi connectivity index (χ1) is 10.7. The van der Waals surface area contributed by atoms with Gasteiger partial charge in [0.25, 0.3) is 0 Å². The molecule has 0 amide bonds. The van der Waals surface area contributed by atoms with Crippen LogP contribution >= 0.6 is 0 Å². The number of H-pyrrole nitrogens is 1. The largest absolute Gasteiger partial charge is 0.431 e. The highest BCUT2D eigenvalue weighted by Gasteiger charge is 2.24. The molecule has 1 aromatic heterocycles. The third-order valence-corrected chi connectivity index (χ3v) is 4.44. The highest BCUT2D eigenvalue weighted by molar-refractivity contribution is 5.26. The van der Waals surface area contributed by atoms with E-state index in [9.17, 15) is 4.79 Å². The molecule has 0 saturated heterocycles. The van der Waals surface area contributed by atoms with Crippen molar-refractivity contribution in [3.63, 3.8) is 0 Å². The van der Waals surface area contributed by atoms with Gasteiger partial charge in [-0.2, -0.15) is 0 Å². The lowest BCUT2D eigenvalue weighted by molar-refractivity contribution is -0.677. The summed E-state index contributed by atoms with van der Waals surface area (Å²) < 4.78 is 6.71. The van der Waals surface area contributed by atoms with Crippen molar-refractivity contribution in [1.82, 2.24) is 10.6 Å². The van der Waals surface area contributed by atoms with Gasteiger partial charge < -0.3 is 5.32 Å². The van der Waals surface area contributed by atoms with Gasteiger partial charge >= 0.3 is 11.3 Å². The second-order valence-corrected chi connectivity index (χ2v) is 6.17. The van der Waals surface area contributed by atoms with Crippen LogP contribution in [0.1, 0.15) is 49.8 Å². The maximum absolute atomic E-state index is 12.0. The maximum Gasteiger partial charge on any atom is 0.431 e. The number of aromatic nitrogens is 2. The van der Waals surface area contributed by atoms with Gasteiger partial charge in [0.05, 0.1) is 6.54 Å². The molecule has 2 N–H and O–H groups in total. The molecule has 3 rings (SSSR count). The SMILES string of the molecule is Cc1ccc(-[n+]2[nH]oc(=O)c2CNC2CCCCCC2)cc1. The highest BCUT2D eigenvalue weighted by atomic mass is 16.5. The van der Waals surface area contributed by atoms with Crippen molar-refractivity contribution in [3.8, 4) is 5.69 Å². The molecule has 1 heterocycles. The fourth-order valence-electron chi connectivity index (χ4n) is 3.07. The van der Waals surface area contributed by atoms with Gasteiger partial charge in [-0.25, -0.2) is 4.79 Å². The first-order valence-corrected chi connectivity index (χ1v) is 8.17. The molecular formula is C17H24N3O2+. The lowest BCUT2D eigenvalue weighted by Crippen LogP contribution is -2.42. The molecule has 0 atom stereocenters. The number of aryl methyl sites for hydroxylation is 1. The van der Waals surface area contributed by atoms with Crippen LogP contribution in [0, 0.1) is 6.92 Å². The summed E-state index contributed by atoms with van der Waals surface area (Å²) in [5.74, 6) is 0. The molecule has 5 heteroatoms. The summed E-state index contributed by atoms with van der Waals surface area (Å²) in [5, 5.41) is 6.22. The zero-order chi connectivity index (χ0) is 15.4. The Bertz CT molecular complexity index is 649. The summed E-state index contributed by atoms with van der Waals surface area (Å²) >= 11 is 0. The molecule has 2 aromatic rings. The quantitative estimate of drug-likeness (QED) is 0.673. The summed E-state index contributed by atoms with van der Waals surface area (Å²) in [6.07, 6.45) is 7.59. The van der Waals surface area contributed by atoms with Gasteiger partial charge in [0.1, 0.15) is 0 Å². The minimum atomic E-state index is -0.304. The molecule has 1 aliphatic carbocycles. The predicted octanol–water partition coefficient (Wildman–Crippen LogP) is 2.37. The molecule has 5 nitrogen and oxygen atoms in total. The summed E-state index contributed by atoms with van der Waals surface area (Å²) in [6.45, 7) is 2.57. The Balaban J connectivity index is 1.74. The summed E-state index contributed by atoms with van der Waals surface area (Å²) in [7, 11) is 0. The molecule has 1 aromatic carbocycles. The Morgan fingerprint density at radius 2 is 1.86 bits per heavy atom. The second kappa shape index (κ2) is 6.92. The fourth-order valence-corrected chi connectivity index (χ4v) is 3.07. The van der Waals surface area contributed by atoms with Crippen molar-refractivity contribution in [2.45, 2.75) is 58.0 Å². The summed E-state index contributed by atoms with van der Waals surface area (Å²) in [4.78, 5) is 12.0. The minimum Gasteiger partial charge on any atom is -0.304 e. The van der Waals surface area contributed by atoms with Crippen molar-refractivity contribution in [2.75, 3.05) is 0 Å². The van der Waals surface area contributed by atoms with E-state index in [1.54, 1.807) is 4.68 Å². The van der Waals surface area contributed by atoms with E-state index in [4.69, 9.17) is 4.52 Å². The van der Waals surface area contributed by atoms with Crippen LogP contribution < -0.4 is 15.6 Å². The van der Waals surface area contributed by atoms with E-state index in [1.165, 1.54) is 44.1 Å². The number of hydrogen-bond acceptors (Lipinski definition) is 3. The molecular weight excluding hydrogens is 278 g/mol. The third-order valence-electron chi connectivity index (χ3n) is 4.44. The van der Waals surface area contributed by atoms with E-state index in [2.05, 4.69) is 10.6 Å². The minimum absolute atomic E-state index is 0.304. The molecule has 0 unspecified atom stereocenters. The molecule has 0 radical (unpaired) electrons.